The van der Waals surface area contributed by atoms with E-state index in [-0.39, 0.29) is 11.3 Å². The van der Waals surface area contributed by atoms with E-state index < -0.39 is 0 Å². The summed E-state index contributed by atoms with van der Waals surface area (Å²) in [6.45, 7) is 13.0. The van der Waals surface area contributed by atoms with E-state index in [1.807, 2.05) is 0 Å². The number of carbonyl (C=O) groups is 1. The Morgan fingerprint density at radius 2 is 1.62 bits per heavy atom. The lowest BCUT2D eigenvalue weighted by molar-refractivity contribution is -0.116. The first-order valence-corrected chi connectivity index (χ1v) is 5.24. The third-order valence-electron chi connectivity index (χ3n) is 2.60. The molecule has 0 amide bonds. The lowest BCUT2D eigenvalue weighted by Gasteiger charge is -2.31. The van der Waals surface area contributed by atoms with E-state index in [0.29, 0.717) is 11.8 Å². The molecule has 0 aliphatic carbocycles. The summed E-state index contributed by atoms with van der Waals surface area (Å²) in [4.78, 5) is 11.0. The SMILES string of the molecule is CC(C)CC(C)C(C=O)C(C)(C)C. The number of carbonyl (C=O) groups excluding carboxylic acids is 1. The van der Waals surface area contributed by atoms with Crippen LogP contribution in [0.25, 0.3) is 0 Å². The van der Waals surface area contributed by atoms with E-state index >= 15 is 0 Å². The van der Waals surface area contributed by atoms with E-state index in [1.165, 1.54) is 0 Å². The minimum atomic E-state index is 0.107. The molecule has 0 aromatic rings. The van der Waals surface area contributed by atoms with Crippen LogP contribution in [0.15, 0.2) is 0 Å². The van der Waals surface area contributed by atoms with Crippen molar-refractivity contribution < 1.29 is 4.79 Å². The Kier molecular flexibility index (Phi) is 4.66. The van der Waals surface area contributed by atoms with Gasteiger partial charge in [0.2, 0.25) is 0 Å². The van der Waals surface area contributed by atoms with Crippen LogP contribution in [-0.4, -0.2) is 6.29 Å². The predicted molar refractivity (Wildman–Crippen MR) is 57.6 cm³/mol. The largest absolute Gasteiger partial charge is 0.303 e. The van der Waals surface area contributed by atoms with Gasteiger partial charge in [-0.1, -0.05) is 41.5 Å². The smallest absolute Gasteiger partial charge is 0.123 e. The molecule has 0 fully saturated rings. The van der Waals surface area contributed by atoms with Gasteiger partial charge in [0.15, 0.2) is 0 Å². The van der Waals surface area contributed by atoms with E-state index in [4.69, 9.17) is 0 Å². The molecule has 78 valence electrons. The van der Waals surface area contributed by atoms with Crippen LogP contribution in [0, 0.1) is 23.2 Å². The van der Waals surface area contributed by atoms with Crippen LogP contribution in [0.3, 0.4) is 0 Å². The summed E-state index contributed by atoms with van der Waals surface area (Å²) in [5.74, 6) is 1.37. The predicted octanol–water partition coefficient (Wildman–Crippen LogP) is 3.53. The summed E-state index contributed by atoms with van der Waals surface area (Å²) in [5.41, 5.74) is 0.107. The van der Waals surface area contributed by atoms with E-state index in [2.05, 4.69) is 41.5 Å². The zero-order chi connectivity index (χ0) is 10.6. The van der Waals surface area contributed by atoms with Gasteiger partial charge in [-0.15, -0.1) is 0 Å². The van der Waals surface area contributed by atoms with Crippen LogP contribution >= 0.6 is 0 Å². The lowest BCUT2D eigenvalue weighted by Crippen LogP contribution is -2.28. The average Bonchev–Trinajstić information content (AvgIpc) is 1.82. The topological polar surface area (TPSA) is 17.1 Å². The second-order valence-electron chi connectivity index (χ2n) is 5.63. The van der Waals surface area contributed by atoms with Gasteiger partial charge in [-0.2, -0.15) is 0 Å². The summed E-state index contributed by atoms with van der Waals surface area (Å²) >= 11 is 0. The van der Waals surface area contributed by atoms with Gasteiger partial charge in [-0.05, 0) is 23.7 Å². The molecule has 0 saturated heterocycles. The second-order valence-corrected chi connectivity index (χ2v) is 5.63. The van der Waals surface area contributed by atoms with Crippen molar-refractivity contribution in [1.29, 1.82) is 0 Å². The maximum absolute atomic E-state index is 11.0. The van der Waals surface area contributed by atoms with Crippen LogP contribution in [0.4, 0.5) is 0 Å². The van der Waals surface area contributed by atoms with Gasteiger partial charge < -0.3 is 4.79 Å². The summed E-state index contributed by atoms with van der Waals surface area (Å²) in [6, 6.07) is 0. The first kappa shape index (κ1) is 12.7. The molecule has 0 aliphatic heterocycles. The molecule has 0 heterocycles. The lowest BCUT2D eigenvalue weighted by atomic mass is 9.72. The Morgan fingerprint density at radius 3 is 1.85 bits per heavy atom. The van der Waals surface area contributed by atoms with Crippen molar-refractivity contribution in [3.05, 3.63) is 0 Å². The highest BCUT2D eigenvalue weighted by Crippen LogP contribution is 2.33. The third kappa shape index (κ3) is 4.44. The Labute approximate surface area is 82.9 Å². The molecule has 2 unspecified atom stereocenters. The third-order valence-corrected chi connectivity index (χ3v) is 2.60. The zero-order valence-electron chi connectivity index (χ0n) is 9.92. The molecule has 0 N–H and O–H groups in total. The molecule has 1 heteroatoms. The van der Waals surface area contributed by atoms with Gasteiger partial charge in [-0.3, -0.25) is 0 Å². The molecule has 0 bridgehead atoms. The molecule has 0 aromatic carbocycles. The van der Waals surface area contributed by atoms with Crippen molar-refractivity contribution >= 4 is 6.29 Å². The van der Waals surface area contributed by atoms with Gasteiger partial charge in [0.1, 0.15) is 6.29 Å². The Hall–Kier alpha value is -0.330. The van der Waals surface area contributed by atoms with Crippen LogP contribution in [0.1, 0.15) is 48.0 Å². The van der Waals surface area contributed by atoms with Crippen LogP contribution in [0.5, 0.6) is 0 Å². The molecule has 0 saturated carbocycles. The molecule has 0 aromatic heterocycles. The highest BCUT2D eigenvalue weighted by atomic mass is 16.1. The van der Waals surface area contributed by atoms with Crippen molar-refractivity contribution in [2.45, 2.75) is 48.0 Å². The summed E-state index contributed by atoms with van der Waals surface area (Å²) in [5, 5.41) is 0. The second kappa shape index (κ2) is 4.78. The van der Waals surface area contributed by atoms with Crippen LogP contribution in [0.2, 0.25) is 0 Å². The van der Waals surface area contributed by atoms with E-state index in [1.54, 1.807) is 0 Å². The number of hydrogen-bond donors (Lipinski definition) is 0. The monoisotopic (exact) mass is 184 g/mol. The van der Waals surface area contributed by atoms with Crippen molar-refractivity contribution in [3.63, 3.8) is 0 Å². The van der Waals surface area contributed by atoms with Gasteiger partial charge in [0.05, 0.1) is 0 Å². The first-order valence-electron chi connectivity index (χ1n) is 5.24. The molecule has 2 atom stereocenters. The fourth-order valence-corrected chi connectivity index (χ4v) is 2.08. The number of aldehydes is 1. The minimum Gasteiger partial charge on any atom is -0.303 e. The van der Waals surface area contributed by atoms with Gasteiger partial charge in [0.25, 0.3) is 0 Å². The normalized spacial score (nSPS) is 17.2. The Balaban J connectivity index is 4.32. The van der Waals surface area contributed by atoms with Crippen LogP contribution in [-0.2, 0) is 4.79 Å². The molecule has 13 heavy (non-hydrogen) atoms. The van der Waals surface area contributed by atoms with Gasteiger partial charge in [0, 0.05) is 5.92 Å². The molecule has 0 radical (unpaired) electrons. The standard InChI is InChI=1S/C12H24O/c1-9(2)7-10(3)11(8-13)12(4,5)6/h8-11H,7H2,1-6H3. The van der Waals surface area contributed by atoms with Crippen molar-refractivity contribution in [2.24, 2.45) is 23.2 Å². The molecular formula is C12H24O. The molecule has 1 nitrogen and oxygen atoms in total. The van der Waals surface area contributed by atoms with Crippen molar-refractivity contribution in [2.75, 3.05) is 0 Å². The van der Waals surface area contributed by atoms with Crippen molar-refractivity contribution in [1.82, 2.24) is 0 Å². The first-order chi connectivity index (χ1) is 5.79. The van der Waals surface area contributed by atoms with E-state index in [9.17, 15) is 4.79 Å². The van der Waals surface area contributed by atoms with E-state index in [0.717, 1.165) is 12.7 Å². The van der Waals surface area contributed by atoms with Gasteiger partial charge >= 0.3 is 0 Å². The quantitative estimate of drug-likeness (QED) is 0.611. The van der Waals surface area contributed by atoms with Crippen molar-refractivity contribution in [3.8, 4) is 0 Å². The Morgan fingerprint density at radius 1 is 1.15 bits per heavy atom. The average molecular weight is 184 g/mol. The fourth-order valence-electron chi connectivity index (χ4n) is 2.08. The van der Waals surface area contributed by atoms with Gasteiger partial charge in [-0.25, -0.2) is 0 Å². The molecule has 0 rings (SSSR count). The van der Waals surface area contributed by atoms with Crippen LogP contribution < -0.4 is 0 Å². The highest BCUT2D eigenvalue weighted by molar-refractivity contribution is 5.55. The maximum atomic E-state index is 11.0. The molecular weight excluding hydrogens is 160 g/mol. The number of rotatable bonds is 4. The summed E-state index contributed by atoms with van der Waals surface area (Å²) < 4.78 is 0. The zero-order valence-corrected chi connectivity index (χ0v) is 9.92. The Bertz CT molecular complexity index is 153. The molecule has 0 aliphatic rings. The highest BCUT2D eigenvalue weighted by Gasteiger charge is 2.29. The fraction of sp³-hybridized carbons (Fsp3) is 0.917. The summed E-state index contributed by atoms with van der Waals surface area (Å²) in [6.07, 6.45) is 2.27. The molecule has 0 spiro atoms. The number of hydrogen-bond acceptors (Lipinski definition) is 1. The summed E-state index contributed by atoms with van der Waals surface area (Å²) in [7, 11) is 0. The minimum absolute atomic E-state index is 0.107. The maximum Gasteiger partial charge on any atom is 0.123 e.